The lowest BCUT2D eigenvalue weighted by molar-refractivity contribution is -0.120. The monoisotopic (exact) mass is 310 g/mol. The van der Waals surface area contributed by atoms with Gasteiger partial charge in [-0.2, -0.15) is 4.31 Å². The summed E-state index contributed by atoms with van der Waals surface area (Å²) in [5.74, 6) is 6.03. The van der Waals surface area contributed by atoms with Crippen LogP contribution in [0.2, 0.25) is 0 Å². The molecule has 0 spiro atoms. The summed E-state index contributed by atoms with van der Waals surface area (Å²) in [5.41, 5.74) is 0.804. The summed E-state index contributed by atoms with van der Waals surface area (Å²) < 4.78 is 28.3. The first-order chi connectivity index (χ1) is 9.82. The van der Waals surface area contributed by atoms with E-state index in [1.807, 2.05) is 12.1 Å². The second-order valence-electron chi connectivity index (χ2n) is 4.33. The fraction of sp³-hybridized carbons (Fsp3) is 0.357. The Hall–Kier alpha value is -2.04. The third-order valence-electron chi connectivity index (χ3n) is 2.63. The Morgan fingerprint density at radius 1 is 1.33 bits per heavy atom. The Balaban J connectivity index is 2.43. The summed E-state index contributed by atoms with van der Waals surface area (Å²) in [7, 11) is -0.421. The van der Waals surface area contributed by atoms with E-state index >= 15 is 0 Å². The van der Waals surface area contributed by atoms with Gasteiger partial charge in [-0.15, -0.1) is 0 Å². The predicted octanol–water partition coefficient (Wildman–Crippen LogP) is 0.0543. The number of methoxy groups -OCH3 is 1. The van der Waals surface area contributed by atoms with E-state index in [0.29, 0.717) is 0 Å². The van der Waals surface area contributed by atoms with E-state index < -0.39 is 15.9 Å². The van der Waals surface area contributed by atoms with Gasteiger partial charge in [-0.25, -0.2) is 8.42 Å². The minimum Gasteiger partial charge on any atom is -0.497 e. The Morgan fingerprint density at radius 3 is 2.48 bits per heavy atom. The summed E-state index contributed by atoms with van der Waals surface area (Å²) >= 11 is 0. The molecular weight excluding hydrogens is 292 g/mol. The highest BCUT2D eigenvalue weighted by Crippen LogP contribution is 2.09. The largest absolute Gasteiger partial charge is 0.497 e. The second kappa shape index (κ2) is 7.67. The summed E-state index contributed by atoms with van der Waals surface area (Å²) in [4.78, 5) is 11.5. The average molecular weight is 310 g/mol. The molecular formula is C14H18N2O4S. The van der Waals surface area contributed by atoms with Gasteiger partial charge in [0.2, 0.25) is 15.9 Å². The first-order valence-corrected chi connectivity index (χ1v) is 7.98. The first kappa shape index (κ1) is 17.0. The lowest BCUT2D eigenvalue weighted by atomic mass is 10.2. The molecule has 0 fully saturated rings. The highest BCUT2D eigenvalue weighted by molar-refractivity contribution is 7.88. The van der Waals surface area contributed by atoms with E-state index in [0.717, 1.165) is 21.9 Å². The number of carbonyl (C=O) groups excluding carboxylic acids is 1. The van der Waals surface area contributed by atoms with Crippen LogP contribution < -0.4 is 10.1 Å². The quantitative estimate of drug-likeness (QED) is 0.780. The number of hydrogen-bond acceptors (Lipinski definition) is 4. The zero-order valence-corrected chi connectivity index (χ0v) is 13.0. The van der Waals surface area contributed by atoms with Crippen molar-refractivity contribution in [2.75, 3.05) is 33.5 Å². The van der Waals surface area contributed by atoms with Crippen molar-refractivity contribution in [3.8, 4) is 17.6 Å². The summed E-state index contributed by atoms with van der Waals surface area (Å²) in [6.45, 7) is -0.0640. The number of carbonyl (C=O) groups is 1. The lowest BCUT2D eigenvalue weighted by Gasteiger charge is -2.12. The number of sulfonamides is 1. The molecule has 0 unspecified atom stereocenters. The van der Waals surface area contributed by atoms with Crippen molar-refractivity contribution in [3.63, 3.8) is 0 Å². The van der Waals surface area contributed by atoms with Crippen LogP contribution in [-0.2, 0) is 14.8 Å². The molecule has 0 aliphatic heterocycles. The molecule has 6 nitrogen and oxygen atoms in total. The number of hydrogen-bond donors (Lipinski definition) is 1. The van der Waals surface area contributed by atoms with Crippen LogP contribution in [0.25, 0.3) is 0 Å². The first-order valence-electron chi connectivity index (χ1n) is 6.14. The van der Waals surface area contributed by atoms with E-state index in [1.165, 1.54) is 7.05 Å². The number of rotatable bonds is 5. The number of likely N-dealkylation sites (N-methyl/N-ethyl adjacent to an activating group) is 1. The van der Waals surface area contributed by atoms with Crippen molar-refractivity contribution >= 4 is 15.9 Å². The highest BCUT2D eigenvalue weighted by Gasteiger charge is 2.14. The molecule has 0 aromatic heterocycles. The van der Waals surface area contributed by atoms with Gasteiger partial charge in [-0.05, 0) is 24.3 Å². The van der Waals surface area contributed by atoms with Crippen LogP contribution in [0, 0.1) is 11.8 Å². The molecule has 0 aliphatic rings. The zero-order valence-electron chi connectivity index (χ0n) is 12.2. The topological polar surface area (TPSA) is 75.7 Å². The minimum atomic E-state index is -3.35. The number of ether oxygens (including phenoxy) is 1. The average Bonchev–Trinajstić information content (AvgIpc) is 2.43. The molecule has 1 amide bonds. The van der Waals surface area contributed by atoms with Crippen molar-refractivity contribution in [3.05, 3.63) is 29.8 Å². The smallest absolute Gasteiger partial charge is 0.236 e. The Bertz CT molecular complexity index is 642. The summed E-state index contributed by atoms with van der Waals surface area (Å²) in [5, 5.41) is 2.54. The molecule has 0 aliphatic carbocycles. The molecule has 21 heavy (non-hydrogen) atoms. The van der Waals surface area contributed by atoms with Crippen LogP contribution in [0.1, 0.15) is 5.56 Å². The summed E-state index contributed by atoms with van der Waals surface area (Å²) in [6.07, 6.45) is 1.05. The third kappa shape index (κ3) is 6.29. The van der Waals surface area contributed by atoms with Gasteiger partial charge in [-0.1, -0.05) is 11.8 Å². The summed E-state index contributed by atoms with van der Waals surface area (Å²) in [6, 6.07) is 7.21. The Labute approximate surface area is 125 Å². The Kier molecular flexibility index (Phi) is 6.21. The van der Waals surface area contributed by atoms with Crippen molar-refractivity contribution in [2.24, 2.45) is 0 Å². The SMILES string of the molecule is COc1ccc(C#CCNC(=O)CN(C)S(C)(=O)=O)cc1. The molecule has 1 rings (SSSR count). The van der Waals surface area contributed by atoms with Gasteiger partial charge in [0.15, 0.2) is 0 Å². The van der Waals surface area contributed by atoms with Crippen LogP contribution in [0.4, 0.5) is 0 Å². The maximum Gasteiger partial charge on any atom is 0.236 e. The standard InChI is InChI=1S/C14H18N2O4S/c1-16(21(3,18)19)11-14(17)15-10-4-5-12-6-8-13(20-2)9-7-12/h6-9H,10-11H2,1-3H3,(H,15,17). The van der Waals surface area contributed by atoms with Gasteiger partial charge in [0.1, 0.15) is 5.75 Å². The van der Waals surface area contributed by atoms with Crippen molar-refractivity contribution in [2.45, 2.75) is 0 Å². The normalized spacial score (nSPS) is 10.7. The van der Waals surface area contributed by atoms with Gasteiger partial charge in [0.05, 0.1) is 26.5 Å². The maximum atomic E-state index is 11.5. The van der Waals surface area contributed by atoms with Crippen LogP contribution in [-0.4, -0.2) is 52.1 Å². The number of nitrogens with one attached hydrogen (secondary N) is 1. The molecule has 1 aromatic carbocycles. The highest BCUT2D eigenvalue weighted by atomic mass is 32.2. The molecule has 0 heterocycles. The fourth-order valence-corrected chi connectivity index (χ4v) is 1.69. The molecule has 114 valence electrons. The van der Waals surface area contributed by atoms with E-state index in [1.54, 1.807) is 19.2 Å². The van der Waals surface area contributed by atoms with Gasteiger partial charge >= 0.3 is 0 Å². The van der Waals surface area contributed by atoms with Crippen LogP contribution in [0.3, 0.4) is 0 Å². The van der Waals surface area contributed by atoms with Crippen molar-refractivity contribution in [1.29, 1.82) is 0 Å². The number of benzene rings is 1. The van der Waals surface area contributed by atoms with Crippen molar-refractivity contribution in [1.82, 2.24) is 9.62 Å². The van der Waals surface area contributed by atoms with Crippen LogP contribution >= 0.6 is 0 Å². The van der Waals surface area contributed by atoms with Gasteiger partial charge in [-0.3, -0.25) is 4.79 Å². The van der Waals surface area contributed by atoms with Crippen molar-refractivity contribution < 1.29 is 17.9 Å². The fourth-order valence-electron chi connectivity index (χ4n) is 1.34. The van der Waals surface area contributed by atoms with E-state index in [2.05, 4.69) is 17.2 Å². The van der Waals surface area contributed by atoms with Crippen LogP contribution in [0.5, 0.6) is 5.75 Å². The van der Waals surface area contributed by atoms with Gasteiger partial charge < -0.3 is 10.1 Å². The van der Waals surface area contributed by atoms with Gasteiger partial charge in [0.25, 0.3) is 0 Å². The maximum absolute atomic E-state index is 11.5. The molecule has 1 aromatic rings. The molecule has 0 atom stereocenters. The second-order valence-corrected chi connectivity index (χ2v) is 6.42. The Morgan fingerprint density at radius 2 is 1.95 bits per heavy atom. The van der Waals surface area contributed by atoms with Gasteiger partial charge in [0, 0.05) is 12.6 Å². The molecule has 0 radical (unpaired) electrons. The number of amides is 1. The molecule has 0 bridgehead atoms. The predicted molar refractivity (Wildman–Crippen MR) is 80.4 cm³/mol. The molecule has 1 N–H and O–H groups in total. The third-order valence-corrected chi connectivity index (χ3v) is 3.89. The minimum absolute atomic E-state index is 0.155. The van der Waals surface area contributed by atoms with E-state index in [9.17, 15) is 13.2 Å². The molecule has 7 heteroatoms. The zero-order chi connectivity index (χ0) is 15.9. The van der Waals surface area contributed by atoms with E-state index in [-0.39, 0.29) is 13.1 Å². The molecule has 0 saturated carbocycles. The van der Waals surface area contributed by atoms with Crippen LogP contribution in [0.15, 0.2) is 24.3 Å². The lowest BCUT2D eigenvalue weighted by Crippen LogP contribution is -2.37. The number of nitrogens with zero attached hydrogens (tertiary/aromatic N) is 1. The molecule has 0 saturated heterocycles. The van der Waals surface area contributed by atoms with E-state index in [4.69, 9.17) is 4.74 Å².